The fraction of sp³-hybridized carbons (Fsp3) is 0.0769. The molecule has 0 aliphatic carbocycles. The molecule has 82 valence electrons. The van der Waals surface area contributed by atoms with Gasteiger partial charge in [-0.25, -0.2) is 8.78 Å². The molecule has 2 rings (SSSR count). The van der Waals surface area contributed by atoms with Gasteiger partial charge in [0, 0.05) is 0 Å². The van der Waals surface area contributed by atoms with Crippen LogP contribution in [-0.2, 0) is 0 Å². The van der Waals surface area contributed by atoms with Crippen LogP contribution in [0.4, 0.5) is 14.5 Å². The highest BCUT2D eigenvalue weighted by molar-refractivity contribution is 5.71. The number of aryl methyl sites for hydroxylation is 1. The number of anilines is 1. The number of hydrogen-bond acceptors (Lipinski definition) is 1. The van der Waals surface area contributed by atoms with Crippen molar-refractivity contribution < 1.29 is 8.78 Å². The monoisotopic (exact) mass is 219 g/mol. The van der Waals surface area contributed by atoms with E-state index in [4.69, 9.17) is 5.73 Å². The van der Waals surface area contributed by atoms with E-state index in [1.807, 2.05) is 6.07 Å². The Morgan fingerprint density at radius 1 is 1.00 bits per heavy atom. The van der Waals surface area contributed by atoms with E-state index in [1.54, 1.807) is 25.1 Å². The van der Waals surface area contributed by atoms with E-state index in [0.717, 1.165) is 5.56 Å². The predicted molar refractivity (Wildman–Crippen MR) is 60.9 cm³/mol. The van der Waals surface area contributed by atoms with Gasteiger partial charge in [-0.15, -0.1) is 0 Å². The summed E-state index contributed by atoms with van der Waals surface area (Å²) in [6.07, 6.45) is 0. The largest absolute Gasteiger partial charge is 0.396 e. The average molecular weight is 219 g/mol. The molecule has 0 bridgehead atoms. The molecule has 0 unspecified atom stereocenters. The minimum atomic E-state index is -0.700. The summed E-state index contributed by atoms with van der Waals surface area (Å²) in [4.78, 5) is 0. The fourth-order valence-corrected chi connectivity index (χ4v) is 1.67. The van der Waals surface area contributed by atoms with Crippen molar-refractivity contribution in [2.75, 3.05) is 5.73 Å². The van der Waals surface area contributed by atoms with Gasteiger partial charge >= 0.3 is 0 Å². The number of hydrogen-bond donors (Lipinski definition) is 1. The Balaban J connectivity index is 2.74. The molecule has 0 spiro atoms. The summed E-state index contributed by atoms with van der Waals surface area (Å²) in [5.74, 6) is -1.30. The number of halogens is 2. The zero-order valence-electron chi connectivity index (χ0n) is 8.80. The fourth-order valence-electron chi connectivity index (χ4n) is 1.67. The average Bonchev–Trinajstić information content (AvgIpc) is 2.27. The molecule has 1 nitrogen and oxygen atoms in total. The van der Waals surface area contributed by atoms with Gasteiger partial charge in [0.05, 0.1) is 11.3 Å². The Kier molecular flexibility index (Phi) is 2.60. The minimum Gasteiger partial charge on any atom is -0.396 e. The molecule has 2 N–H and O–H groups in total. The van der Waals surface area contributed by atoms with Crippen LogP contribution in [0, 0.1) is 18.6 Å². The summed E-state index contributed by atoms with van der Waals surface area (Å²) in [7, 11) is 0. The molecule has 2 aromatic rings. The van der Waals surface area contributed by atoms with Crippen LogP contribution in [0.2, 0.25) is 0 Å². The summed E-state index contributed by atoms with van der Waals surface area (Å²) >= 11 is 0. The molecule has 0 saturated carbocycles. The molecular formula is C13H11F2N. The van der Waals surface area contributed by atoms with Gasteiger partial charge in [0.2, 0.25) is 0 Å². The second kappa shape index (κ2) is 3.93. The second-order valence-corrected chi connectivity index (χ2v) is 3.64. The van der Waals surface area contributed by atoms with Gasteiger partial charge in [0.25, 0.3) is 0 Å². The van der Waals surface area contributed by atoms with Crippen molar-refractivity contribution in [3.63, 3.8) is 0 Å². The van der Waals surface area contributed by atoms with Gasteiger partial charge in [-0.1, -0.05) is 24.3 Å². The minimum absolute atomic E-state index is 0.0420. The standard InChI is InChI=1S/C13H11F2N/c1-8-4-2-3-5-9(8)12-10(14)6-7-11(16)13(12)15/h2-7H,16H2,1H3. The van der Waals surface area contributed by atoms with E-state index in [-0.39, 0.29) is 11.3 Å². The molecule has 16 heavy (non-hydrogen) atoms. The first-order valence-electron chi connectivity index (χ1n) is 4.90. The Labute approximate surface area is 92.5 Å². The molecule has 0 fully saturated rings. The Hall–Kier alpha value is -1.90. The first-order valence-corrected chi connectivity index (χ1v) is 4.90. The van der Waals surface area contributed by atoms with Crippen molar-refractivity contribution >= 4 is 5.69 Å². The summed E-state index contributed by atoms with van der Waals surface area (Å²) in [5, 5.41) is 0. The van der Waals surface area contributed by atoms with E-state index < -0.39 is 11.6 Å². The maximum absolute atomic E-state index is 13.8. The zero-order chi connectivity index (χ0) is 11.7. The van der Waals surface area contributed by atoms with Crippen LogP contribution in [0.15, 0.2) is 36.4 Å². The summed E-state index contributed by atoms with van der Waals surface area (Å²) in [6.45, 7) is 1.80. The molecule has 0 heterocycles. The molecule has 0 saturated heterocycles. The van der Waals surface area contributed by atoms with Crippen molar-refractivity contribution in [3.05, 3.63) is 53.6 Å². The third-order valence-electron chi connectivity index (χ3n) is 2.54. The van der Waals surface area contributed by atoms with E-state index in [9.17, 15) is 8.78 Å². The number of nitrogens with two attached hydrogens (primary N) is 1. The van der Waals surface area contributed by atoms with Crippen LogP contribution < -0.4 is 5.73 Å². The van der Waals surface area contributed by atoms with Crippen molar-refractivity contribution in [1.82, 2.24) is 0 Å². The maximum Gasteiger partial charge on any atom is 0.156 e. The molecule has 0 aliphatic heterocycles. The van der Waals surface area contributed by atoms with Gasteiger partial charge < -0.3 is 5.73 Å². The first-order chi connectivity index (χ1) is 7.61. The lowest BCUT2D eigenvalue weighted by atomic mass is 9.99. The highest BCUT2D eigenvalue weighted by atomic mass is 19.1. The topological polar surface area (TPSA) is 26.0 Å². The van der Waals surface area contributed by atoms with Crippen molar-refractivity contribution in [3.8, 4) is 11.1 Å². The van der Waals surface area contributed by atoms with Crippen molar-refractivity contribution in [2.45, 2.75) is 6.92 Å². The maximum atomic E-state index is 13.8. The van der Waals surface area contributed by atoms with Crippen LogP contribution >= 0.6 is 0 Å². The highest BCUT2D eigenvalue weighted by Crippen LogP contribution is 2.31. The Morgan fingerprint density at radius 2 is 1.69 bits per heavy atom. The predicted octanol–water partition coefficient (Wildman–Crippen LogP) is 3.52. The van der Waals surface area contributed by atoms with Gasteiger partial charge in [-0.05, 0) is 30.2 Å². The smallest absolute Gasteiger partial charge is 0.156 e. The SMILES string of the molecule is Cc1ccccc1-c1c(F)ccc(N)c1F. The van der Waals surface area contributed by atoms with Gasteiger partial charge in [0.15, 0.2) is 5.82 Å². The van der Waals surface area contributed by atoms with E-state index in [0.29, 0.717) is 5.56 Å². The lowest BCUT2D eigenvalue weighted by Gasteiger charge is -2.09. The third-order valence-corrected chi connectivity index (χ3v) is 2.54. The number of nitrogen functional groups attached to an aromatic ring is 1. The van der Waals surface area contributed by atoms with Crippen LogP contribution in [0.5, 0.6) is 0 Å². The van der Waals surface area contributed by atoms with E-state index in [1.165, 1.54) is 12.1 Å². The summed E-state index contributed by atoms with van der Waals surface area (Å²) in [6, 6.07) is 9.45. The van der Waals surface area contributed by atoms with Crippen molar-refractivity contribution in [1.29, 1.82) is 0 Å². The zero-order valence-corrected chi connectivity index (χ0v) is 8.80. The first kappa shape index (κ1) is 10.6. The molecule has 3 heteroatoms. The van der Waals surface area contributed by atoms with Crippen LogP contribution in [0.25, 0.3) is 11.1 Å². The number of rotatable bonds is 1. The lowest BCUT2D eigenvalue weighted by Crippen LogP contribution is -1.97. The molecule has 0 radical (unpaired) electrons. The Morgan fingerprint density at radius 3 is 2.38 bits per heavy atom. The summed E-state index contributed by atoms with van der Waals surface area (Å²) < 4.78 is 27.4. The molecule has 0 aliphatic rings. The number of benzene rings is 2. The highest BCUT2D eigenvalue weighted by Gasteiger charge is 2.15. The second-order valence-electron chi connectivity index (χ2n) is 3.64. The Bertz CT molecular complexity index is 535. The molecule has 0 amide bonds. The lowest BCUT2D eigenvalue weighted by molar-refractivity contribution is 0.592. The van der Waals surface area contributed by atoms with Gasteiger partial charge in [-0.2, -0.15) is 0 Å². The summed E-state index contributed by atoms with van der Waals surface area (Å²) in [5.41, 5.74) is 6.68. The molecule has 0 atom stereocenters. The van der Waals surface area contributed by atoms with Gasteiger partial charge in [0.1, 0.15) is 5.82 Å². The quantitative estimate of drug-likeness (QED) is 0.729. The van der Waals surface area contributed by atoms with Crippen molar-refractivity contribution in [2.24, 2.45) is 0 Å². The van der Waals surface area contributed by atoms with Crippen LogP contribution in [0.1, 0.15) is 5.56 Å². The van der Waals surface area contributed by atoms with Gasteiger partial charge in [-0.3, -0.25) is 0 Å². The normalized spacial score (nSPS) is 10.4. The van der Waals surface area contributed by atoms with E-state index in [2.05, 4.69) is 0 Å². The molecule has 2 aromatic carbocycles. The van der Waals surface area contributed by atoms with E-state index >= 15 is 0 Å². The third kappa shape index (κ3) is 1.65. The molecule has 0 aromatic heterocycles. The van der Waals surface area contributed by atoms with Crippen LogP contribution in [-0.4, -0.2) is 0 Å². The molecular weight excluding hydrogens is 208 g/mol. The van der Waals surface area contributed by atoms with Crippen LogP contribution in [0.3, 0.4) is 0 Å².